The minimum atomic E-state index is -0.964. The Kier molecular flexibility index (Phi) is 4.63. The van der Waals surface area contributed by atoms with E-state index < -0.39 is 11.0 Å². The minimum absolute atomic E-state index is 0.0328. The van der Waals surface area contributed by atoms with Crippen molar-refractivity contribution in [2.24, 2.45) is 11.8 Å². The molecule has 184 valence electrons. The Morgan fingerprint density at radius 1 is 1.15 bits per heavy atom. The molecule has 1 saturated carbocycles. The first-order valence-electron chi connectivity index (χ1n) is 13.4. The fourth-order valence-electron chi connectivity index (χ4n) is 8.09. The van der Waals surface area contributed by atoms with Crippen LogP contribution < -0.4 is 4.74 Å². The molecule has 4 heterocycles. The summed E-state index contributed by atoms with van der Waals surface area (Å²) in [5.41, 5.74) is 0.714. The third-order valence-electron chi connectivity index (χ3n) is 10.0. The van der Waals surface area contributed by atoms with Gasteiger partial charge in [0, 0.05) is 31.2 Å². The molecular weight excluding hydrogens is 430 g/mol. The van der Waals surface area contributed by atoms with Gasteiger partial charge in [-0.3, -0.25) is 14.6 Å². The summed E-state index contributed by atoms with van der Waals surface area (Å²) in [4.78, 5) is 20.2. The maximum Gasteiger partial charge on any atom is 0.236 e. The molecule has 0 radical (unpaired) electrons. The molecule has 0 unspecified atom stereocenters. The largest absolute Gasteiger partial charge is 0.504 e. The van der Waals surface area contributed by atoms with E-state index in [1.54, 1.807) is 6.07 Å². The van der Waals surface area contributed by atoms with Gasteiger partial charge in [0.15, 0.2) is 11.5 Å². The quantitative estimate of drug-likeness (QED) is 0.703. The highest BCUT2D eigenvalue weighted by atomic mass is 16.5. The summed E-state index contributed by atoms with van der Waals surface area (Å²) in [6.07, 6.45) is 5.58. The van der Waals surface area contributed by atoms with Gasteiger partial charge in [-0.1, -0.05) is 13.0 Å². The van der Waals surface area contributed by atoms with Gasteiger partial charge in [0.1, 0.15) is 6.10 Å². The maximum absolute atomic E-state index is 13.4. The van der Waals surface area contributed by atoms with Crippen molar-refractivity contribution in [2.45, 2.75) is 68.6 Å². The van der Waals surface area contributed by atoms with E-state index in [2.05, 4.69) is 16.7 Å². The molecule has 2 aliphatic carbocycles. The van der Waals surface area contributed by atoms with Gasteiger partial charge in [0.2, 0.25) is 5.91 Å². The smallest absolute Gasteiger partial charge is 0.236 e. The molecule has 7 rings (SSSR count). The number of aliphatic hydroxyl groups is 1. The molecule has 1 aromatic rings. The van der Waals surface area contributed by atoms with Crippen LogP contribution >= 0.6 is 0 Å². The summed E-state index contributed by atoms with van der Waals surface area (Å²) >= 11 is 0. The Hall–Kier alpha value is -1.83. The van der Waals surface area contributed by atoms with E-state index in [0.29, 0.717) is 37.7 Å². The SMILES string of the molecule is C[C@H]1CCN(CC(=O)N2CC[C@@]3(O)[C@H]4Cc5ccc(O)c6c5[C@@]3(CCN4CC3CC3)[C@H](C2)O6)C1. The van der Waals surface area contributed by atoms with Gasteiger partial charge in [-0.15, -0.1) is 0 Å². The zero-order valence-corrected chi connectivity index (χ0v) is 20.2. The second-order valence-corrected chi connectivity index (χ2v) is 12.1. The zero-order valence-electron chi connectivity index (χ0n) is 20.2. The molecule has 1 spiro atoms. The Morgan fingerprint density at radius 3 is 2.76 bits per heavy atom. The molecule has 1 amide bonds. The van der Waals surface area contributed by atoms with Gasteiger partial charge in [0.25, 0.3) is 0 Å². The fourth-order valence-corrected chi connectivity index (χ4v) is 8.09. The summed E-state index contributed by atoms with van der Waals surface area (Å²) in [6.45, 7) is 7.71. The highest BCUT2D eigenvalue weighted by Gasteiger charge is 2.71. The number of carbonyl (C=O) groups is 1. The van der Waals surface area contributed by atoms with Crippen LogP contribution in [-0.4, -0.2) is 94.4 Å². The molecule has 3 saturated heterocycles. The lowest BCUT2D eigenvalue weighted by Gasteiger charge is -2.60. The van der Waals surface area contributed by atoms with Gasteiger partial charge in [0.05, 0.1) is 24.1 Å². The average molecular weight is 468 g/mol. The number of nitrogens with zero attached hydrogens (tertiary/aromatic N) is 3. The lowest BCUT2D eigenvalue weighted by molar-refractivity contribution is -0.162. The third-order valence-corrected chi connectivity index (χ3v) is 10.0. The first kappa shape index (κ1) is 21.5. The molecule has 0 aromatic heterocycles. The lowest BCUT2D eigenvalue weighted by atomic mass is 9.52. The molecule has 34 heavy (non-hydrogen) atoms. The van der Waals surface area contributed by atoms with Crippen molar-refractivity contribution in [3.63, 3.8) is 0 Å². The number of amides is 1. The first-order chi connectivity index (χ1) is 16.4. The van der Waals surface area contributed by atoms with E-state index in [-0.39, 0.29) is 23.8 Å². The van der Waals surface area contributed by atoms with Crippen LogP contribution in [0.4, 0.5) is 0 Å². The lowest BCUT2D eigenvalue weighted by Crippen LogP contribution is -2.74. The molecule has 4 aliphatic heterocycles. The summed E-state index contributed by atoms with van der Waals surface area (Å²) < 4.78 is 6.51. The van der Waals surface area contributed by atoms with E-state index in [1.807, 2.05) is 11.0 Å². The van der Waals surface area contributed by atoms with E-state index in [1.165, 1.54) is 18.4 Å². The summed E-state index contributed by atoms with van der Waals surface area (Å²) in [5.74, 6) is 2.26. The van der Waals surface area contributed by atoms with E-state index in [9.17, 15) is 15.0 Å². The monoisotopic (exact) mass is 467 g/mol. The Labute approximate surface area is 201 Å². The standard InChI is InChI=1S/C27H37N3O4/c1-17-6-9-28(13-17)16-23(32)30-11-8-27(33)21-12-19-4-5-20(31)25-24(19)26(27,22(15-30)34-25)7-10-29(21)14-18-2-3-18/h4-5,17-18,21-22,31,33H,2-3,6-16H2,1H3/t17-,21+,22-,26+,27+/m0/s1. The van der Waals surface area contributed by atoms with Crippen LogP contribution in [0.15, 0.2) is 12.1 Å². The van der Waals surface area contributed by atoms with Crippen LogP contribution in [0.25, 0.3) is 0 Å². The molecule has 6 aliphatic rings. The summed E-state index contributed by atoms with van der Waals surface area (Å²) in [5, 5.41) is 23.4. The number of likely N-dealkylation sites (tertiary alicyclic amines) is 3. The van der Waals surface area contributed by atoms with Gasteiger partial charge in [-0.25, -0.2) is 0 Å². The van der Waals surface area contributed by atoms with Crippen molar-refractivity contribution in [3.8, 4) is 11.5 Å². The third kappa shape index (κ3) is 2.89. The van der Waals surface area contributed by atoms with Gasteiger partial charge >= 0.3 is 0 Å². The Morgan fingerprint density at radius 2 is 2.00 bits per heavy atom. The van der Waals surface area contributed by atoms with Crippen molar-refractivity contribution in [1.82, 2.24) is 14.7 Å². The summed E-state index contributed by atoms with van der Waals surface area (Å²) in [6, 6.07) is 3.82. The van der Waals surface area contributed by atoms with Crippen molar-refractivity contribution >= 4 is 5.91 Å². The number of phenolic OH excluding ortho intramolecular Hbond substituents is 1. The van der Waals surface area contributed by atoms with Crippen molar-refractivity contribution in [1.29, 1.82) is 0 Å². The number of hydrogen-bond donors (Lipinski definition) is 2. The normalized spacial score (nSPS) is 39.0. The van der Waals surface area contributed by atoms with Crippen LogP contribution in [0.5, 0.6) is 11.5 Å². The molecule has 1 aromatic carbocycles. The highest BCUT2D eigenvalue weighted by Crippen LogP contribution is 2.63. The molecule has 7 nitrogen and oxygen atoms in total. The maximum atomic E-state index is 13.4. The molecule has 2 bridgehead atoms. The predicted octanol–water partition coefficient (Wildman–Crippen LogP) is 1.74. The number of ether oxygens (including phenoxy) is 1. The highest BCUT2D eigenvalue weighted by molar-refractivity contribution is 5.78. The Balaban J connectivity index is 1.26. The van der Waals surface area contributed by atoms with Crippen LogP contribution in [0, 0.1) is 11.8 Å². The van der Waals surface area contributed by atoms with Crippen molar-refractivity contribution in [2.75, 3.05) is 45.8 Å². The van der Waals surface area contributed by atoms with Crippen LogP contribution in [-0.2, 0) is 16.6 Å². The van der Waals surface area contributed by atoms with Crippen molar-refractivity contribution < 1.29 is 19.7 Å². The van der Waals surface area contributed by atoms with E-state index in [4.69, 9.17) is 4.74 Å². The number of phenols is 1. The topological polar surface area (TPSA) is 76.5 Å². The predicted molar refractivity (Wildman–Crippen MR) is 127 cm³/mol. The molecule has 4 fully saturated rings. The molecule has 5 atom stereocenters. The minimum Gasteiger partial charge on any atom is -0.504 e. The van der Waals surface area contributed by atoms with Crippen LogP contribution in [0.2, 0.25) is 0 Å². The van der Waals surface area contributed by atoms with Crippen LogP contribution in [0.1, 0.15) is 50.2 Å². The number of carbonyl (C=O) groups excluding carboxylic acids is 1. The van der Waals surface area contributed by atoms with E-state index >= 15 is 0 Å². The zero-order chi connectivity index (χ0) is 23.2. The first-order valence-corrected chi connectivity index (χ1v) is 13.4. The number of hydrogen-bond acceptors (Lipinski definition) is 6. The molecule has 2 N–H and O–H groups in total. The van der Waals surface area contributed by atoms with Gasteiger partial charge in [-0.2, -0.15) is 0 Å². The van der Waals surface area contributed by atoms with E-state index in [0.717, 1.165) is 56.9 Å². The van der Waals surface area contributed by atoms with Crippen LogP contribution in [0.3, 0.4) is 0 Å². The molecular formula is C27H37N3O4. The average Bonchev–Trinajstić information content (AvgIpc) is 3.46. The number of rotatable bonds is 4. The summed E-state index contributed by atoms with van der Waals surface area (Å²) in [7, 11) is 0. The fraction of sp³-hybridized carbons (Fsp3) is 0.741. The number of piperidine rings is 1. The Bertz CT molecular complexity index is 1030. The van der Waals surface area contributed by atoms with Crippen molar-refractivity contribution in [3.05, 3.63) is 23.3 Å². The number of aromatic hydroxyl groups is 1. The van der Waals surface area contributed by atoms with Gasteiger partial charge in [-0.05, 0) is 75.1 Å². The molecule has 7 heteroatoms. The second kappa shape index (κ2) is 7.34. The van der Waals surface area contributed by atoms with Gasteiger partial charge < -0.3 is 19.8 Å². The number of benzene rings is 1. The second-order valence-electron chi connectivity index (χ2n) is 12.1.